The van der Waals surface area contributed by atoms with E-state index < -0.39 is 5.82 Å². The number of ether oxygens (including phenoxy) is 1. The van der Waals surface area contributed by atoms with Crippen LogP contribution in [0.1, 0.15) is 21.6 Å². The van der Waals surface area contributed by atoms with Gasteiger partial charge in [-0.2, -0.15) is 0 Å². The third-order valence-electron chi connectivity index (χ3n) is 2.74. The average Bonchev–Trinajstić information content (AvgIpc) is 2.77. The molecule has 76 valence electrons. The van der Waals surface area contributed by atoms with E-state index in [9.17, 15) is 9.18 Å². The molecular formula is C11H8FNO2. The topological polar surface area (TPSA) is 42.1 Å². The van der Waals surface area contributed by atoms with Crippen LogP contribution in [0, 0.1) is 5.82 Å². The molecule has 1 aliphatic heterocycles. The average molecular weight is 205 g/mol. The van der Waals surface area contributed by atoms with E-state index in [1.54, 1.807) is 6.07 Å². The zero-order chi connectivity index (χ0) is 10.4. The Kier molecular flexibility index (Phi) is 1.67. The van der Waals surface area contributed by atoms with Gasteiger partial charge in [0, 0.05) is 22.2 Å². The fraction of sp³-hybridized carbons (Fsp3) is 0.182. The maximum absolute atomic E-state index is 13.9. The number of aromatic nitrogens is 1. The number of rotatable bonds is 1. The Morgan fingerprint density at radius 3 is 3.07 bits per heavy atom. The second-order valence-electron chi connectivity index (χ2n) is 3.58. The highest BCUT2D eigenvalue weighted by Gasteiger charge is 2.21. The van der Waals surface area contributed by atoms with Gasteiger partial charge in [0.25, 0.3) is 0 Å². The van der Waals surface area contributed by atoms with Crippen molar-refractivity contribution in [2.24, 2.45) is 0 Å². The van der Waals surface area contributed by atoms with Gasteiger partial charge >= 0.3 is 0 Å². The number of benzene rings is 1. The van der Waals surface area contributed by atoms with E-state index in [4.69, 9.17) is 4.74 Å². The summed E-state index contributed by atoms with van der Waals surface area (Å²) < 4.78 is 19.1. The van der Waals surface area contributed by atoms with Gasteiger partial charge in [-0.25, -0.2) is 4.39 Å². The molecule has 0 aliphatic carbocycles. The molecule has 2 aromatic rings. The summed E-state index contributed by atoms with van der Waals surface area (Å²) in [6, 6.07) is 3.21. The SMILES string of the molecule is O=Cc1ccc2[nH]c3c(c2c1F)COC3. The summed E-state index contributed by atoms with van der Waals surface area (Å²) in [4.78, 5) is 13.7. The molecule has 0 atom stereocenters. The number of carbonyl (C=O) groups excluding carboxylic acids is 1. The number of hydrogen-bond donors (Lipinski definition) is 1. The summed E-state index contributed by atoms with van der Waals surface area (Å²) in [5, 5.41) is 0.493. The second kappa shape index (κ2) is 2.90. The molecule has 0 spiro atoms. The number of carbonyl (C=O) groups is 1. The molecule has 0 bridgehead atoms. The minimum absolute atomic E-state index is 0.0937. The molecule has 0 saturated heterocycles. The molecular weight excluding hydrogens is 197 g/mol. The third kappa shape index (κ3) is 1.05. The van der Waals surface area contributed by atoms with Crippen LogP contribution in [0.25, 0.3) is 10.9 Å². The molecule has 2 heterocycles. The van der Waals surface area contributed by atoms with E-state index in [1.165, 1.54) is 6.07 Å². The van der Waals surface area contributed by atoms with Crippen LogP contribution < -0.4 is 0 Å². The van der Waals surface area contributed by atoms with Crippen molar-refractivity contribution in [3.8, 4) is 0 Å². The van der Waals surface area contributed by atoms with Crippen molar-refractivity contribution in [2.45, 2.75) is 13.2 Å². The standard InChI is InChI=1S/C11H8FNO2/c12-11-6(3-14)1-2-8-10(11)7-4-15-5-9(7)13-8/h1-3,13H,4-5H2. The lowest BCUT2D eigenvalue weighted by Crippen LogP contribution is -1.90. The quantitative estimate of drug-likeness (QED) is 0.725. The van der Waals surface area contributed by atoms with Gasteiger partial charge in [-0.3, -0.25) is 4.79 Å². The van der Waals surface area contributed by atoms with Crippen molar-refractivity contribution in [2.75, 3.05) is 0 Å². The molecule has 1 N–H and O–H groups in total. The number of nitrogens with one attached hydrogen (secondary N) is 1. The van der Waals surface area contributed by atoms with E-state index in [-0.39, 0.29) is 5.56 Å². The lowest BCUT2D eigenvalue weighted by Gasteiger charge is -1.98. The van der Waals surface area contributed by atoms with Crippen LogP contribution in [0.4, 0.5) is 4.39 Å². The van der Waals surface area contributed by atoms with E-state index in [0.29, 0.717) is 24.9 Å². The molecule has 0 saturated carbocycles. The van der Waals surface area contributed by atoms with Gasteiger partial charge in [-0.15, -0.1) is 0 Å². The number of hydrogen-bond acceptors (Lipinski definition) is 2. The van der Waals surface area contributed by atoms with E-state index in [1.807, 2.05) is 0 Å². The summed E-state index contributed by atoms with van der Waals surface area (Å²) >= 11 is 0. The first-order valence-corrected chi connectivity index (χ1v) is 4.66. The van der Waals surface area contributed by atoms with Gasteiger partial charge in [0.05, 0.1) is 18.8 Å². The Balaban J connectivity index is 2.42. The highest BCUT2D eigenvalue weighted by atomic mass is 19.1. The van der Waals surface area contributed by atoms with Gasteiger partial charge in [-0.05, 0) is 12.1 Å². The molecule has 1 aromatic carbocycles. The maximum Gasteiger partial charge on any atom is 0.153 e. The molecule has 1 aromatic heterocycles. The smallest absolute Gasteiger partial charge is 0.153 e. The van der Waals surface area contributed by atoms with Crippen molar-refractivity contribution in [1.29, 1.82) is 0 Å². The molecule has 15 heavy (non-hydrogen) atoms. The number of fused-ring (bicyclic) bond motifs is 3. The minimum atomic E-state index is -0.453. The van der Waals surface area contributed by atoms with Crippen molar-refractivity contribution < 1.29 is 13.9 Å². The number of H-pyrrole nitrogens is 1. The largest absolute Gasteiger partial charge is 0.370 e. The van der Waals surface area contributed by atoms with Crippen LogP contribution in [0.15, 0.2) is 12.1 Å². The summed E-state index contributed by atoms with van der Waals surface area (Å²) in [6.45, 7) is 0.897. The Labute approximate surface area is 84.9 Å². The molecule has 3 rings (SSSR count). The van der Waals surface area contributed by atoms with Crippen LogP contribution in [0.2, 0.25) is 0 Å². The Hall–Kier alpha value is -1.68. The molecule has 0 unspecified atom stereocenters. The number of halogens is 1. The molecule has 3 nitrogen and oxygen atoms in total. The number of aromatic amines is 1. The molecule has 0 fully saturated rings. The van der Waals surface area contributed by atoms with Crippen molar-refractivity contribution in [1.82, 2.24) is 4.98 Å². The Morgan fingerprint density at radius 2 is 2.27 bits per heavy atom. The van der Waals surface area contributed by atoms with Crippen LogP contribution in [0.5, 0.6) is 0 Å². The predicted octanol–water partition coefficient (Wildman–Crippen LogP) is 2.15. The lowest BCUT2D eigenvalue weighted by molar-refractivity contribution is 0.112. The van der Waals surface area contributed by atoms with Crippen LogP contribution in [0.3, 0.4) is 0 Å². The monoisotopic (exact) mass is 205 g/mol. The normalized spacial score (nSPS) is 14.5. The van der Waals surface area contributed by atoms with Crippen LogP contribution in [-0.2, 0) is 18.0 Å². The van der Waals surface area contributed by atoms with Crippen molar-refractivity contribution in [3.05, 3.63) is 34.8 Å². The first-order chi connectivity index (χ1) is 7.31. The molecule has 0 radical (unpaired) electrons. The third-order valence-corrected chi connectivity index (χ3v) is 2.74. The van der Waals surface area contributed by atoms with Crippen molar-refractivity contribution >= 4 is 17.2 Å². The first kappa shape index (κ1) is 8.61. The minimum Gasteiger partial charge on any atom is -0.370 e. The molecule has 0 amide bonds. The summed E-state index contributed by atoms with van der Waals surface area (Å²) in [5.74, 6) is -0.453. The molecule has 1 aliphatic rings. The summed E-state index contributed by atoms with van der Waals surface area (Å²) in [6.07, 6.45) is 0.532. The van der Waals surface area contributed by atoms with E-state index in [2.05, 4.69) is 4.98 Å². The van der Waals surface area contributed by atoms with Gasteiger partial charge in [-0.1, -0.05) is 0 Å². The highest BCUT2D eigenvalue weighted by molar-refractivity contribution is 5.91. The second-order valence-corrected chi connectivity index (χ2v) is 3.58. The van der Waals surface area contributed by atoms with E-state index >= 15 is 0 Å². The zero-order valence-corrected chi connectivity index (χ0v) is 7.84. The van der Waals surface area contributed by atoms with Crippen molar-refractivity contribution in [3.63, 3.8) is 0 Å². The van der Waals surface area contributed by atoms with Gasteiger partial charge < -0.3 is 9.72 Å². The fourth-order valence-corrected chi connectivity index (χ4v) is 2.01. The van der Waals surface area contributed by atoms with Gasteiger partial charge in [0.15, 0.2) is 6.29 Å². The summed E-state index contributed by atoms with van der Waals surface area (Å²) in [7, 11) is 0. The van der Waals surface area contributed by atoms with Gasteiger partial charge in [0.2, 0.25) is 0 Å². The van der Waals surface area contributed by atoms with E-state index in [0.717, 1.165) is 16.8 Å². The van der Waals surface area contributed by atoms with Crippen LogP contribution >= 0.6 is 0 Å². The fourth-order valence-electron chi connectivity index (χ4n) is 2.01. The first-order valence-electron chi connectivity index (χ1n) is 4.66. The molecule has 4 heteroatoms. The summed E-state index contributed by atoms with van der Waals surface area (Å²) in [5.41, 5.74) is 2.57. The Bertz CT molecular complexity index is 559. The lowest BCUT2D eigenvalue weighted by atomic mass is 10.1. The van der Waals surface area contributed by atoms with Crippen LogP contribution in [-0.4, -0.2) is 11.3 Å². The predicted molar refractivity (Wildman–Crippen MR) is 52.1 cm³/mol. The Morgan fingerprint density at radius 1 is 1.40 bits per heavy atom. The maximum atomic E-state index is 13.9. The highest BCUT2D eigenvalue weighted by Crippen LogP contribution is 2.31. The number of aldehydes is 1. The van der Waals surface area contributed by atoms with Gasteiger partial charge in [0.1, 0.15) is 5.82 Å². The zero-order valence-electron chi connectivity index (χ0n) is 7.84.